The molecule has 0 atom stereocenters. The molecule has 2 fully saturated rings. The molecule has 1 aliphatic carbocycles. The SMILES string of the molecule is O=C(c1cc(C2CC2)on1)N1CCCN(c2ccc(F)cc2)CC1. The number of anilines is 1. The highest BCUT2D eigenvalue weighted by atomic mass is 19.1. The number of aromatic nitrogens is 1. The van der Waals surface area contributed by atoms with Crippen molar-refractivity contribution >= 4 is 11.6 Å². The van der Waals surface area contributed by atoms with Gasteiger partial charge in [0.05, 0.1) is 0 Å². The van der Waals surface area contributed by atoms with Gasteiger partial charge in [0.15, 0.2) is 5.69 Å². The van der Waals surface area contributed by atoms with Crippen LogP contribution in [0.25, 0.3) is 0 Å². The first-order chi connectivity index (χ1) is 11.7. The van der Waals surface area contributed by atoms with Gasteiger partial charge in [-0.1, -0.05) is 5.16 Å². The number of nitrogens with zero attached hydrogens (tertiary/aromatic N) is 3. The highest BCUT2D eigenvalue weighted by Gasteiger charge is 2.30. The van der Waals surface area contributed by atoms with Gasteiger partial charge in [0.1, 0.15) is 11.6 Å². The maximum absolute atomic E-state index is 13.1. The van der Waals surface area contributed by atoms with E-state index in [9.17, 15) is 9.18 Å². The molecule has 5 nitrogen and oxygen atoms in total. The molecule has 1 amide bonds. The molecular weight excluding hydrogens is 309 g/mol. The van der Waals surface area contributed by atoms with Crippen LogP contribution in [-0.2, 0) is 0 Å². The lowest BCUT2D eigenvalue weighted by atomic mass is 10.2. The van der Waals surface area contributed by atoms with Crippen LogP contribution in [0.5, 0.6) is 0 Å². The molecule has 2 aliphatic rings. The van der Waals surface area contributed by atoms with Crippen molar-refractivity contribution in [3.8, 4) is 0 Å². The van der Waals surface area contributed by atoms with E-state index in [1.807, 2.05) is 4.90 Å². The van der Waals surface area contributed by atoms with Crippen molar-refractivity contribution in [3.63, 3.8) is 0 Å². The summed E-state index contributed by atoms with van der Waals surface area (Å²) in [5.41, 5.74) is 1.40. The predicted octanol–water partition coefficient (Wildman–Crippen LogP) is 3.04. The molecule has 2 heterocycles. The summed E-state index contributed by atoms with van der Waals surface area (Å²) in [6.07, 6.45) is 3.12. The molecule has 1 saturated heterocycles. The van der Waals surface area contributed by atoms with E-state index in [2.05, 4.69) is 10.1 Å². The molecule has 0 spiro atoms. The van der Waals surface area contributed by atoms with Gasteiger partial charge in [0, 0.05) is 43.9 Å². The molecule has 6 heteroatoms. The van der Waals surface area contributed by atoms with Gasteiger partial charge in [-0.05, 0) is 43.5 Å². The molecule has 0 N–H and O–H groups in total. The van der Waals surface area contributed by atoms with E-state index in [4.69, 9.17) is 4.52 Å². The lowest BCUT2D eigenvalue weighted by Gasteiger charge is -2.23. The molecule has 24 heavy (non-hydrogen) atoms. The second kappa shape index (κ2) is 6.26. The van der Waals surface area contributed by atoms with E-state index < -0.39 is 0 Å². The molecule has 1 aromatic carbocycles. The molecular formula is C18H20FN3O2. The van der Waals surface area contributed by atoms with Crippen LogP contribution < -0.4 is 4.90 Å². The first kappa shape index (κ1) is 15.2. The summed E-state index contributed by atoms with van der Waals surface area (Å²) in [4.78, 5) is 16.6. The molecule has 0 radical (unpaired) electrons. The van der Waals surface area contributed by atoms with Crippen molar-refractivity contribution in [2.24, 2.45) is 0 Å². The highest BCUT2D eigenvalue weighted by Crippen LogP contribution is 2.40. The number of rotatable bonds is 3. The van der Waals surface area contributed by atoms with Crippen LogP contribution in [0, 0.1) is 5.82 Å². The number of hydrogen-bond acceptors (Lipinski definition) is 4. The van der Waals surface area contributed by atoms with Gasteiger partial charge in [0.2, 0.25) is 0 Å². The fourth-order valence-electron chi connectivity index (χ4n) is 3.14. The summed E-state index contributed by atoms with van der Waals surface area (Å²) in [6, 6.07) is 8.30. The van der Waals surface area contributed by atoms with E-state index >= 15 is 0 Å². The molecule has 1 aromatic heterocycles. The first-order valence-corrected chi connectivity index (χ1v) is 8.47. The monoisotopic (exact) mass is 329 g/mol. The summed E-state index contributed by atoms with van der Waals surface area (Å²) < 4.78 is 18.4. The second-order valence-electron chi connectivity index (χ2n) is 6.50. The fraction of sp³-hybridized carbons (Fsp3) is 0.444. The minimum atomic E-state index is -0.233. The van der Waals surface area contributed by atoms with E-state index in [1.165, 1.54) is 12.1 Å². The van der Waals surface area contributed by atoms with Crippen molar-refractivity contribution in [1.29, 1.82) is 0 Å². The lowest BCUT2D eigenvalue weighted by Crippen LogP contribution is -2.35. The molecule has 1 aliphatic heterocycles. The predicted molar refractivity (Wildman–Crippen MR) is 87.6 cm³/mol. The topological polar surface area (TPSA) is 49.6 Å². The Morgan fingerprint density at radius 3 is 2.67 bits per heavy atom. The van der Waals surface area contributed by atoms with E-state index in [1.54, 1.807) is 18.2 Å². The number of carbonyl (C=O) groups excluding carboxylic acids is 1. The Balaban J connectivity index is 1.41. The van der Waals surface area contributed by atoms with E-state index in [-0.39, 0.29) is 11.7 Å². The van der Waals surface area contributed by atoms with Crippen LogP contribution in [0.15, 0.2) is 34.9 Å². The molecule has 0 unspecified atom stereocenters. The number of hydrogen-bond donors (Lipinski definition) is 0. The zero-order chi connectivity index (χ0) is 16.5. The summed E-state index contributed by atoms with van der Waals surface area (Å²) in [5.74, 6) is 0.993. The Hall–Kier alpha value is -2.37. The van der Waals surface area contributed by atoms with Crippen LogP contribution in [0.2, 0.25) is 0 Å². The van der Waals surface area contributed by atoms with Crippen molar-refractivity contribution in [2.75, 3.05) is 31.1 Å². The van der Waals surface area contributed by atoms with Crippen LogP contribution >= 0.6 is 0 Å². The summed E-state index contributed by atoms with van der Waals surface area (Å²) in [6.45, 7) is 2.90. The van der Waals surface area contributed by atoms with Crippen LogP contribution in [0.4, 0.5) is 10.1 Å². The molecule has 2 aromatic rings. The number of benzene rings is 1. The van der Waals surface area contributed by atoms with Gasteiger partial charge in [-0.3, -0.25) is 4.79 Å². The standard InChI is InChI=1S/C18H20FN3O2/c19-14-4-6-15(7-5-14)21-8-1-9-22(11-10-21)18(23)16-12-17(24-20-16)13-2-3-13/h4-7,12-13H,1-3,8-11H2. The van der Waals surface area contributed by atoms with Gasteiger partial charge in [0.25, 0.3) is 5.91 Å². The highest BCUT2D eigenvalue weighted by molar-refractivity contribution is 5.92. The van der Waals surface area contributed by atoms with Gasteiger partial charge in [-0.2, -0.15) is 0 Å². The average Bonchev–Trinajstić information content (AvgIpc) is 3.37. The Bertz CT molecular complexity index is 724. The van der Waals surface area contributed by atoms with E-state index in [0.29, 0.717) is 24.7 Å². The summed E-state index contributed by atoms with van der Waals surface area (Å²) >= 11 is 0. The first-order valence-electron chi connectivity index (χ1n) is 8.47. The average molecular weight is 329 g/mol. The third-order valence-electron chi connectivity index (χ3n) is 4.70. The van der Waals surface area contributed by atoms with Crippen LogP contribution in [0.3, 0.4) is 0 Å². The Morgan fingerprint density at radius 2 is 1.92 bits per heavy atom. The van der Waals surface area contributed by atoms with Crippen LogP contribution in [0.1, 0.15) is 41.4 Å². The smallest absolute Gasteiger partial charge is 0.276 e. The molecule has 0 bridgehead atoms. The third-order valence-corrected chi connectivity index (χ3v) is 4.70. The van der Waals surface area contributed by atoms with Gasteiger partial charge >= 0.3 is 0 Å². The lowest BCUT2D eigenvalue weighted by molar-refractivity contribution is 0.0756. The van der Waals surface area contributed by atoms with Crippen molar-refractivity contribution in [1.82, 2.24) is 10.1 Å². The van der Waals surface area contributed by atoms with E-state index in [0.717, 1.165) is 43.8 Å². The zero-order valence-electron chi connectivity index (χ0n) is 13.4. The minimum absolute atomic E-state index is 0.0633. The molecule has 1 saturated carbocycles. The largest absolute Gasteiger partial charge is 0.370 e. The normalized spacial score (nSPS) is 18.5. The van der Waals surface area contributed by atoms with Crippen molar-refractivity contribution < 1.29 is 13.7 Å². The third kappa shape index (κ3) is 3.13. The maximum atomic E-state index is 13.1. The van der Waals surface area contributed by atoms with Crippen molar-refractivity contribution in [3.05, 3.63) is 47.6 Å². The zero-order valence-corrected chi connectivity index (χ0v) is 13.4. The Kier molecular flexibility index (Phi) is 3.96. The van der Waals surface area contributed by atoms with Gasteiger partial charge < -0.3 is 14.3 Å². The second-order valence-corrected chi connectivity index (χ2v) is 6.50. The Morgan fingerprint density at radius 1 is 1.12 bits per heavy atom. The quantitative estimate of drug-likeness (QED) is 0.868. The minimum Gasteiger partial charge on any atom is -0.370 e. The maximum Gasteiger partial charge on any atom is 0.276 e. The fourth-order valence-corrected chi connectivity index (χ4v) is 3.14. The Labute approximate surface area is 140 Å². The summed E-state index contributed by atoms with van der Waals surface area (Å²) in [7, 11) is 0. The number of halogens is 1. The molecule has 126 valence electrons. The van der Waals surface area contributed by atoms with Crippen LogP contribution in [-0.4, -0.2) is 42.1 Å². The molecule has 4 rings (SSSR count). The number of amides is 1. The van der Waals surface area contributed by atoms with Gasteiger partial charge in [-0.25, -0.2) is 4.39 Å². The number of carbonyl (C=O) groups is 1. The van der Waals surface area contributed by atoms with Crippen molar-refractivity contribution in [2.45, 2.75) is 25.2 Å². The van der Waals surface area contributed by atoms with Gasteiger partial charge in [-0.15, -0.1) is 0 Å². The summed E-state index contributed by atoms with van der Waals surface area (Å²) in [5, 5.41) is 3.95.